The van der Waals surface area contributed by atoms with Crippen molar-refractivity contribution in [2.75, 3.05) is 14.2 Å². The number of pyridine rings is 1. The molecule has 1 aromatic carbocycles. The molecule has 106 valence electrons. The summed E-state index contributed by atoms with van der Waals surface area (Å²) < 4.78 is 45.7. The quantitative estimate of drug-likeness (QED) is 0.936. The van der Waals surface area contributed by atoms with Gasteiger partial charge in [-0.05, 0) is 18.7 Å². The molecule has 20 heavy (non-hydrogen) atoms. The summed E-state index contributed by atoms with van der Waals surface area (Å²) >= 11 is 0. The molecule has 1 N–H and O–H groups in total. The molecule has 0 aliphatic heterocycles. The molecule has 1 unspecified atom stereocenters. The highest BCUT2D eigenvalue weighted by Crippen LogP contribution is 2.28. The fraction of sp³-hybridized carbons (Fsp3) is 0.214. The van der Waals surface area contributed by atoms with Crippen LogP contribution in [0.2, 0.25) is 0 Å². The Bertz CT molecular complexity index is 596. The molecule has 0 radical (unpaired) electrons. The van der Waals surface area contributed by atoms with E-state index in [0.29, 0.717) is 23.4 Å². The van der Waals surface area contributed by atoms with Crippen molar-refractivity contribution >= 4 is 0 Å². The van der Waals surface area contributed by atoms with E-state index in [-0.39, 0.29) is 5.56 Å². The zero-order valence-corrected chi connectivity index (χ0v) is 11.0. The van der Waals surface area contributed by atoms with E-state index in [1.165, 1.54) is 19.5 Å². The predicted molar refractivity (Wildman–Crippen MR) is 68.0 cm³/mol. The first-order chi connectivity index (χ1) is 9.56. The van der Waals surface area contributed by atoms with Crippen LogP contribution >= 0.6 is 0 Å². The Morgan fingerprint density at radius 3 is 2.30 bits per heavy atom. The molecule has 1 heterocycles. The second kappa shape index (κ2) is 5.92. The van der Waals surface area contributed by atoms with Crippen molar-refractivity contribution < 1.29 is 17.9 Å². The van der Waals surface area contributed by atoms with Crippen molar-refractivity contribution in [2.45, 2.75) is 6.04 Å². The first-order valence-corrected chi connectivity index (χ1v) is 5.87. The molecular weight excluding hydrogens is 269 g/mol. The Morgan fingerprint density at radius 2 is 1.75 bits per heavy atom. The van der Waals surface area contributed by atoms with Crippen LogP contribution in [0.15, 0.2) is 30.6 Å². The first-order valence-electron chi connectivity index (χ1n) is 5.87. The highest BCUT2D eigenvalue weighted by atomic mass is 19.1. The van der Waals surface area contributed by atoms with E-state index in [2.05, 4.69) is 10.3 Å². The topological polar surface area (TPSA) is 34.2 Å². The van der Waals surface area contributed by atoms with Gasteiger partial charge in [0, 0.05) is 23.9 Å². The van der Waals surface area contributed by atoms with E-state index in [4.69, 9.17) is 4.74 Å². The van der Waals surface area contributed by atoms with Gasteiger partial charge >= 0.3 is 0 Å². The fourth-order valence-corrected chi connectivity index (χ4v) is 2.01. The number of hydrogen-bond donors (Lipinski definition) is 1. The van der Waals surface area contributed by atoms with E-state index in [1.54, 1.807) is 13.1 Å². The number of hydrogen-bond acceptors (Lipinski definition) is 3. The molecule has 0 bridgehead atoms. The van der Waals surface area contributed by atoms with Crippen LogP contribution in [0.3, 0.4) is 0 Å². The van der Waals surface area contributed by atoms with Gasteiger partial charge in [0.15, 0.2) is 0 Å². The summed E-state index contributed by atoms with van der Waals surface area (Å²) in [4.78, 5) is 3.94. The third-order valence-electron chi connectivity index (χ3n) is 2.92. The van der Waals surface area contributed by atoms with Crippen molar-refractivity contribution in [1.29, 1.82) is 0 Å². The van der Waals surface area contributed by atoms with E-state index in [9.17, 15) is 13.2 Å². The minimum absolute atomic E-state index is 0.260. The van der Waals surface area contributed by atoms with Gasteiger partial charge in [-0.15, -0.1) is 0 Å². The molecule has 0 spiro atoms. The average Bonchev–Trinajstić information content (AvgIpc) is 2.42. The fourth-order valence-electron chi connectivity index (χ4n) is 2.01. The maximum absolute atomic E-state index is 13.8. The Balaban J connectivity index is 2.52. The van der Waals surface area contributed by atoms with Gasteiger partial charge < -0.3 is 10.1 Å². The molecule has 0 aliphatic carbocycles. The maximum Gasteiger partial charge on any atom is 0.137 e. The predicted octanol–water partition coefficient (Wildman–Crippen LogP) is 2.82. The molecular formula is C14H13F3N2O. The van der Waals surface area contributed by atoms with Crippen LogP contribution in [0.5, 0.6) is 5.75 Å². The molecule has 0 saturated heterocycles. The van der Waals surface area contributed by atoms with Gasteiger partial charge in [0.1, 0.15) is 23.2 Å². The van der Waals surface area contributed by atoms with Crippen LogP contribution in [-0.4, -0.2) is 19.1 Å². The molecule has 2 rings (SSSR count). The highest BCUT2D eigenvalue weighted by molar-refractivity contribution is 5.35. The van der Waals surface area contributed by atoms with E-state index >= 15 is 0 Å². The lowest BCUT2D eigenvalue weighted by atomic mass is 9.99. The minimum Gasteiger partial charge on any atom is -0.495 e. The molecule has 6 heteroatoms. The molecule has 1 atom stereocenters. The number of benzene rings is 1. The summed E-state index contributed by atoms with van der Waals surface area (Å²) in [5.74, 6) is -2.40. The Morgan fingerprint density at radius 1 is 1.10 bits per heavy atom. The van der Waals surface area contributed by atoms with Gasteiger partial charge in [0.05, 0.1) is 19.3 Å². The smallest absolute Gasteiger partial charge is 0.137 e. The zero-order valence-electron chi connectivity index (χ0n) is 11.0. The molecule has 2 aromatic rings. The number of halogens is 3. The summed E-state index contributed by atoms with van der Waals surface area (Å²) in [6, 6.07) is 2.11. The third kappa shape index (κ3) is 2.75. The van der Waals surface area contributed by atoms with Crippen molar-refractivity contribution in [2.24, 2.45) is 0 Å². The first kappa shape index (κ1) is 14.3. The standard InChI is InChI=1S/C14H13F3N2O/c1-18-14(8-3-10(20-2)7-19-6-8)13-11(16)4-9(15)5-12(13)17/h3-7,14,18H,1-2H3. The summed E-state index contributed by atoms with van der Waals surface area (Å²) in [5, 5.41) is 2.79. The molecule has 0 saturated carbocycles. The highest BCUT2D eigenvalue weighted by Gasteiger charge is 2.22. The van der Waals surface area contributed by atoms with Crippen LogP contribution in [-0.2, 0) is 0 Å². The van der Waals surface area contributed by atoms with Gasteiger partial charge in [-0.3, -0.25) is 4.98 Å². The Kier molecular flexibility index (Phi) is 4.24. The summed E-state index contributed by atoms with van der Waals surface area (Å²) in [6.45, 7) is 0. The number of aromatic nitrogens is 1. The lowest BCUT2D eigenvalue weighted by Crippen LogP contribution is -2.21. The van der Waals surface area contributed by atoms with Gasteiger partial charge in [-0.2, -0.15) is 0 Å². The number of nitrogens with zero attached hydrogens (tertiary/aromatic N) is 1. The van der Waals surface area contributed by atoms with Gasteiger partial charge in [0.2, 0.25) is 0 Å². The van der Waals surface area contributed by atoms with Crippen molar-refractivity contribution in [3.8, 4) is 5.75 Å². The molecule has 0 amide bonds. The molecule has 0 aliphatic rings. The van der Waals surface area contributed by atoms with Gasteiger partial charge in [-0.25, -0.2) is 13.2 Å². The second-order valence-corrected chi connectivity index (χ2v) is 4.16. The summed E-state index contributed by atoms with van der Waals surface area (Å²) in [6.07, 6.45) is 2.94. The lowest BCUT2D eigenvalue weighted by molar-refractivity contribution is 0.411. The SMILES string of the molecule is CNC(c1cncc(OC)c1)c1c(F)cc(F)cc1F. The maximum atomic E-state index is 13.8. The lowest BCUT2D eigenvalue weighted by Gasteiger charge is -2.18. The normalized spacial score (nSPS) is 12.2. The van der Waals surface area contributed by atoms with Gasteiger partial charge in [-0.1, -0.05) is 0 Å². The Hall–Kier alpha value is -2.08. The second-order valence-electron chi connectivity index (χ2n) is 4.16. The number of nitrogens with one attached hydrogen (secondary N) is 1. The molecule has 3 nitrogen and oxygen atoms in total. The number of ether oxygens (including phenoxy) is 1. The third-order valence-corrected chi connectivity index (χ3v) is 2.92. The minimum atomic E-state index is -0.956. The van der Waals surface area contributed by atoms with Crippen molar-refractivity contribution in [1.82, 2.24) is 10.3 Å². The largest absolute Gasteiger partial charge is 0.495 e. The summed E-state index contributed by atoms with van der Waals surface area (Å²) in [7, 11) is 3.01. The van der Waals surface area contributed by atoms with E-state index < -0.39 is 23.5 Å². The monoisotopic (exact) mass is 282 g/mol. The van der Waals surface area contributed by atoms with E-state index in [0.717, 1.165) is 0 Å². The van der Waals surface area contributed by atoms with Crippen LogP contribution < -0.4 is 10.1 Å². The Labute approximate surface area is 114 Å². The van der Waals surface area contributed by atoms with Crippen LogP contribution in [0.1, 0.15) is 17.2 Å². The van der Waals surface area contributed by atoms with Crippen LogP contribution in [0.25, 0.3) is 0 Å². The molecule has 0 fully saturated rings. The van der Waals surface area contributed by atoms with Crippen LogP contribution in [0.4, 0.5) is 13.2 Å². The van der Waals surface area contributed by atoms with Gasteiger partial charge in [0.25, 0.3) is 0 Å². The molecule has 1 aromatic heterocycles. The average molecular weight is 282 g/mol. The van der Waals surface area contributed by atoms with Crippen molar-refractivity contribution in [3.63, 3.8) is 0 Å². The van der Waals surface area contributed by atoms with Crippen molar-refractivity contribution in [3.05, 3.63) is 59.2 Å². The zero-order chi connectivity index (χ0) is 14.7. The van der Waals surface area contributed by atoms with E-state index in [1.807, 2.05) is 0 Å². The number of rotatable bonds is 4. The van der Waals surface area contributed by atoms with Crippen LogP contribution in [0, 0.1) is 17.5 Å². The summed E-state index contributed by atoms with van der Waals surface area (Å²) in [5.41, 5.74) is 0.250. The number of methoxy groups -OCH3 is 1.